The molecule has 15 heavy (non-hydrogen) atoms. The molecular weight excluding hydrogens is 206 g/mol. The van der Waals surface area contributed by atoms with Gasteiger partial charge in [-0.3, -0.25) is 0 Å². The summed E-state index contributed by atoms with van der Waals surface area (Å²) in [6, 6.07) is 9.58. The first-order chi connectivity index (χ1) is 7.16. The highest BCUT2D eigenvalue weighted by atomic mass is 32.1. The van der Waals surface area contributed by atoms with Crippen LogP contribution in [-0.2, 0) is 6.42 Å². The van der Waals surface area contributed by atoms with Crippen LogP contribution in [0.15, 0.2) is 30.3 Å². The molecule has 2 aromatic rings. The van der Waals surface area contributed by atoms with Gasteiger partial charge in [-0.2, -0.15) is 0 Å². The van der Waals surface area contributed by atoms with Crippen LogP contribution in [0.2, 0.25) is 0 Å². The minimum atomic E-state index is 0.167. The van der Waals surface area contributed by atoms with Gasteiger partial charge in [0.2, 0.25) is 0 Å². The Morgan fingerprint density at radius 1 is 1.27 bits per heavy atom. The molecule has 78 valence electrons. The molecule has 0 fully saturated rings. The Morgan fingerprint density at radius 2 is 2.07 bits per heavy atom. The molecule has 3 heteroatoms. The van der Waals surface area contributed by atoms with Crippen molar-refractivity contribution in [2.45, 2.75) is 13.3 Å². The van der Waals surface area contributed by atoms with Crippen LogP contribution in [0.1, 0.15) is 15.3 Å². The number of nitrogens with two attached hydrogens (primary N) is 1. The molecule has 2 rings (SSSR count). The predicted octanol–water partition coefficient (Wildman–Crippen LogP) is 2.94. The lowest BCUT2D eigenvalue weighted by Gasteiger charge is -2.05. The average molecular weight is 219 g/mol. The maximum Gasteiger partial charge on any atom is 0.138 e. The summed E-state index contributed by atoms with van der Waals surface area (Å²) >= 11 is 1.76. The van der Waals surface area contributed by atoms with Gasteiger partial charge >= 0.3 is 0 Å². The Bertz CT molecular complexity index is 476. The first-order valence-electron chi connectivity index (χ1n) is 4.78. The van der Waals surface area contributed by atoms with Crippen molar-refractivity contribution < 1.29 is 5.11 Å². The van der Waals surface area contributed by atoms with E-state index in [2.05, 4.69) is 19.1 Å². The topological polar surface area (TPSA) is 46.2 Å². The third-order valence-electron chi connectivity index (χ3n) is 2.33. The van der Waals surface area contributed by atoms with E-state index in [0.29, 0.717) is 5.69 Å². The molecule has 1 heterocycles. The summed E-state index contributed by atoms with van der Waals surface area (Å²) in [4.78, 5) is 2.56. The van der Waals surface area contributed by atoms with E-state index in [-0.39, 0.29) is 5.75 Å². The summed E-state index contributed by atoms with van der Waals surface area (Å²) < 4.78 is 0. The maximum absolute atomic E-state index is 9.46. The second-order valence-electron chi connectivity index (χ2n) is 3.54. The number of hydrogen-bond acceptors (Lipinski definition) is 3. The normalized spacial score (nSPS) is 10.5. The summed E-state index contributed by atoms with van der Waals surface area (Å²) in [5.41, 5.74) is 7.26. The van der Waals surface area contributed by atoms with Crippen molar-refractivity contribution in [3.63, 3.8) is 0 Å². The molecule has 0 saturated carbocycles. The first-order valence-corrected chi connectivity index (χ1v) is 5.60. The van der Waals surface area contributed by atoms with Gasteiger partial charge in [0.15, 0.2) is 0 Å². The molecular formula is C12H13NOS. The van der Waals surface area contributed by atoms with Crippen molar-refractivity contribution in [2.24, 2.45) is 0 Å². The lowest BCUT2D eigenvalue weighted by atomic mass is 10.1. The van der Waals surface area contributed by atoms with E-state index in [1.807, 2.05) is 12.1 Å². The first kappa shape index (κ1) is 10.1. The summed E-state index contributed by atoms with van der Waals surface area (Å²) in [7, 11) is 0. The Hall–Kier alpha value is -1.48. The lowest BCUT2D eigenvalue weighted by Crippen LogP contribution is -1.94. The van der Waals surface area contributed by atoms with Crippen molar-refractivity contribution in [2.75, 3.05) is 5.73 Å². The number of para-hydroxylation sites is 1. The van der Waals surface area contributed by atoms with E-state index in [0.717, 1.165) is 12.0 Å². The zero-order chi connectivity index (χ0) is 10.8. The van der Waals surface area contributed by atoms with Crippen molar-refractivity contribution in [1.29, 1.82) is 0 Å². The summed E-state index contributed by atoms with van der Waals surface area (Å²) in [5.74, 6) is 0.167. The molecule has 0 aliphatic rings. The summed E-state index contributed by atoms with van der Waals surface area (Å²) in [5, 5.41) is 9.46. The van der Waals surface area contributed by atoms with Crippen LogP contribution in [0.5, 0.6) is 5.75 Å². The molecule has 3 N–H and O–H groups in total. The molecule has 0 aliphatic heterocycles. The number of anilines is 1. The highest BCUT2D eigenvalue weighted by Gasteiger charge is 2.05. The number of phenolic OH excluding ortho intramolecular Hbond substituents is 1. The van der Waals surface area contributed by atoms with Crippen LogP contribution in [0.4, 0.5) is 5.69 Å². The summed E-state index contributed by atoms with van der Waals surface area (Å²) in [6.45, 7) is 2.08. The van der Waals surface area contributed by atoms with Gasteiger partial charge in [0, 0.05) is 16.2 Å². The molecule has 1 aromatic heterocycles. The van der Waals surface area contributed by atoms with Gasteiger partial charge in [0.1, 0.15) is 5.75 Å². The number of nitrogen functional groups attached to an aromatic ring is 1. The average Bonchev–Trinajstić information content (AvgIpc) is 2.59. The standard InChI is InChI=1S/C12H13NOS/c1-8-5-6-10(15-8)7-9-3-2-4-11(14)12(9)13/h2-6,14H,7,13H2,1H3. The Morgan fingerprint density at radius 3 is 2.73 bits per heavy atom. The van der Waals surface area contributed by atoms with Gasteiger partial charge in [-0.25, -0.2) is 0 Å². The third kappa shape index (κ3) is 2.13. The fraction of sp³-hybridized carbons (Fsp3) is 0.167. The number of rotatable bonds is 2. The maximum atomic E-state index is 9.46. The van der Waals surface area contributed by atoms with E-state index >= 15 is 0 Å². The largest absolute Gasteiger partial charge is 0.506 e. The van der Waals surface area contributed by atoms with E-state index in [9.17, 15) is 5.11 Å². The van der Waals surface area contributed by atoms with Gasteiger partial charge < -0.3 is 10.8 Å². The second kappa shape index (κ2) is 3.95. The van der Waals surface area contributed by atoms with Crippen LogP contribution in [0.25, 0.3) is 0 Å². The van der Waals surface area contributed by atoms with Gasteiger partial charge in [-0.05, 0) is 30.7 Å². The van der Waals surface area contributed by atoms with Crippen LogP contribution < -0.4 is 5.73 Å². The number of hydrogen-bond donors (Lipinski definition) is 2. The molecule has 0 unspecified atom stereocenters. The quantitative estimate of drug-likeness (QED) is 0.602. The van der Waals surface area contributed by atoms with Crippen LogP contribution in [0, 0.1) is 6.92 Å². The Labute approximate surface area is 93.0 Å². The minimum Gasteiger partial charge on any atom is -0.506 e. The Kier molecular flexibility index (Phi) is 2.64. The minimum absolute atomic E-state index is 0.167. The van der Waals surface area contributed by atoms with Crippen LogP contribution >= 0.6 is 11.3 Å². The van der Waals surface area contributed by atoms with Crippen molar-refractivity contribution >= 4 is 17.0 Å². The van der Waals surface area contributed by atoms with Gasteiger partial charge in [-0.1, -0.05) is 12.1 Å². The molecule has 0 aliphatic carbocycles. The van der Waals surface area contributed by atoms with E-state index < -0.39 is 0 Å². The lowest BCUT2D eigenvalue weighted by molar-refractivity contribution is 0.477. The van der Waals surface area contributed by atoms with Gasteiger partial charge in [0.05, 0.1) is 5.69 Å². The smallest absolute Gasteiger partial charge is 0.138 e. The number of aromatic hydroxyl groups is 1. The highest BCUT2D eigenvalue weighted by Crippen LogP contribution is 2.27. The van der Waals surface area contributed by atoms with Crippen molar-refractivity contribution in [1.82, 2.24) is 0 Å². The molecule has 0 atom stereocenters. The molecule has 0 radical (unpaired) electrons. The van der Waals surface area contributed by atoms with Crippen LogP contribution in [0.3, 0.4) is 0 Å². The van der Waals surface area contributed by atoms with Crippen molar-refractivity contribution in [3.05, 3.63) is 45.6 Å². The number of thiophene rings is 1. The molecule has 0 amide bonds. The van der Waals surface area contributed by atoms with Crippen molar-refractivity contribution in [3.8, 4) is 5.75 Å². The van der Waals surface area contributed by atoms with E-state index in [1.54, 1.807) is 17.4 Å². The zero-order valence-corrected chi connectivity index (χ0v) is 9.34. The third-order valence-corrected chi connectivity index (χ3v) is 3.33. The van der Waals surface area contributed by atoms with Crippen LogP contribution in [-0.4, -0.2) is 5.11 Å². The molecule has 2 nitrogen and oxygen atoms in total. The fourth-order valence-electron chi connectivity index (χ4n) is 1.52. The Balaban J connectivity index is 2.28. The highest BCUT2D eigenvalue weighted by molar-refractivity contribution is 7.11. The SMILES string of the molecule is Cc1ccc(Cc2cccc(O)c2N)s1. The van der Waals surface area contributed by atoms with E-state index in [4.69, 9.17) is 5.73 Å². The predicted molar refractivity (Wildman–Crippen MR) is 64.4 cm³/mol. The van der Waals surface area contributed by atoms with Gasteiger partial charge in [0.25, 0.3) is 0 Å². The number of benzene rings is 1. The summed E-state index contributed by atoms with van der Waals surface area (Å²) in [6.07, 6.45) is 0.790. The number of aryl methyl sites for hydroxylation is 1. The number of phenols is 1. The van der Waals surface area contributed by atoms with E-state index in [1.165, 1.54) is 9.75 Å². The monoisotopic (exact) mass is 219 g/mol. The molecule has 0 spiro atoms. The second-order valence-corrected chi connectivity index (χ2v) is 4.91. The fourth-order valence-corrected chi connectivity index (χ4v) is 2.43. The zero-order valence-electron chi connectivity index (χ0n) is 8.53. The van der Waals surface area contributed by atoms with Gasteiger partial charge in [-0.15, -0.1) is 11.3 Å². The molecule has 0 saturated heterocycles. The molecule has 1 aromatic carbocycles. The molecule has 0 bridgehead atoms.